The SMILES string of the molecule is Cc1cc2cc(N)ccc2n1CC(=O)O. The molecule has 1 heterocycles. The monoisotopic (exact) mass is 204 g/mol. The molecule has 4 nitrogen and oxygen atoms in total. The van der Waals surface area contributed by atoms with Crippen LogP contribution in [0.5, 0.6) is 0 Å². The summed E-state index contributed by atoms with van der Waals surface area (Å²) in [6.45, 7) is 1.87. The van der Waals surface area contributed by atoms with Crippen molar-refractivity contribution in [2.24, 2.45) is 0 Å². The Morgan fingerprint density at radius 3 is 2.87 bits per heavy atom. The molecule has 0 aliphatic rings. The fraction of sp³-hybridized carbons (Fsp3) is 0.182. The highest BCUT2D eigenvalue weighted by Crippen LogP contribution is 2.21. The average molecular weight is 204 g/mol. The number of aromatic nitrogens is 1. The highest BCUT2D eigenvalue weighted by atomic mass is 16.4. The van der Waals surface area contributed by atoms with E-state index in [0.29, 0.717) is 5.69 Å². The van der Waals surface area contributed by atoms with Crippen molar-refractivity contribution < 1.29 is 9.90 Å². The fourth-order valence-electron chi connectivity index (χ4n) is 1.77. The van der Waals surface area contributed by atoms with E-state index in [1.165, 1.54) is 0 Å². The lowest BCUT2D eigenvalue weighted by atomic mass is 10.2. The second-order valence-corrected chi connectivity index (χ2v) is 3.58. The molecular formula is C11H12N2O2. The van der Waals surface area contributed by atoms with Gasteiger partial charge in [-0.2, -0.15) is 0 Å². The van der Waals surface area contributed by atoms with Gasteiger partial charge in [0, 0.05) is 22.3 Å². The number of carbonyl (C=O) groups is 1. The molecule has 78 valence electrons. The Bertz CT molecular complexity index is 529. The number of anilines is 1. The molecule has 2 rings (SSSR count). The molecule has 0 atom stereocenters. The molecule has 0 fully saturated rings. The van der Waals surface area contributed by atoms with Crippen molar-refractivity contribution >= 4 is 22.6 Å². The van der Waals surface area contributed by atoms with Crippen molar-refractivity contribution in [1.82, 2.24) is 4.57 Å². The second-order valence-electron chi connectivity index (χ2n) is 3.58. The van der Waals surface area contributed by atoms with E-state index in [-0.39, 0.29) is 6.54 Å². The van der Waals surface area contributed by atoms with Crippen molar-refractivity contribution in [3.8, 4) is 0 Å². The van der Waals surface area contributed by atoms with Gasteiger partial charge < -0.3 is 15.4 Å². The van der Waals surface area contributed by atoms with Crippen LogP contribution in [-0.2, 0) is 11.3 Å². The molecule has 0 radical (unpaired) electrons. The number of hydrogen-bond donors (Lipinski definition) is 2. The maximum absolute atomic E-state index is 10.7. The number of aryl methyl sites for hydroxylation is 1. The molecule has 0 saturated heterocycles. The van der Waals surface area contributed by atoms with Gasteiger partial charge in [0.05, 0.1) is 0 Å². The Kier molecular flexibility index (Phi) is 2.11. The van der Waals surface area contributed by atoms with Crippen LogP contribution >= 0.6 is 0 Å². The molecular weight excluding hydrogens is 192 g/mol. The van der Waals surface area contributed by atoms with Gasteiger partial charge in [0.2, 0.25) is 0 Å². The van der Waals surface area contributed by atoms with Crippen LogP contribution in [0.2, 0.25) is 0 Å². The van der Waals surface area contributed by atoms with Crippen molar-refractivity contribution in [1.29, 1.82) is 0 Å². The zero-order valence-electron chi connectivity index (χ0n) is 8.40. The van der Waals surface area contributed by atoms with Gasteiger partial charge in [0.15, 0.2) is 0 Å². The number of nitrogens with zero attached hydrogens (tertiary/aromatic N) is 1. The van der Waals surface area contributed by atoms with E-state index < -0.39 is 5.97 Å². The summed E-state index contributed by atoms with van der Waals surface area (Å²) < 4.78 is 1.76. The molecule has 0 amide bonds. The molecule has 0 spiro atoms. The first-order chi connectivity index (χ1) is 7.08. The van der Waals surface area contributed by atoms with Gasteiger partial charge >= 0.3 is 5.97 Å². The van der Waals surface area contributed by atoms with Gasteiger partial charge in [-0.3, -0.25) is 4.79 Å². The molecule has 1 aromatic heterocycles. The van der Waals surface area contributed by atoms with Crippen LogP contribution in [0.25, 0.3) is 10.9 Å². The number of aliphatic carboxylic acids is 1. The summed E-state index contributed by atoms with van der Waals surface area (Å²) in [5.74, 6) is -0.840. The minimum absolute atomic E-state index is 0.0146. The Balaban J connectivity index is 2.63. The smallest absolute Gasteiger partial charge is 0.323 e. The summed E-state index contributed by atoms with van der Waals surface area (Å²) in [4.78, 5) is 10.7. The minimum atomic E-state index is -0.840. The number of fused-ring (bicyclic) bond motifs is 1. The summed E-state index contributed by atoms with van der Waals surface area (Å²) in [7, 11) is 0. The van der Waals surface area contributed by atoms with Gasteiger partial charge in [0.1, 0.15) is 6.54 Å². The minimum Gasteiger partial charge on any atom is -0.480 e. The second kappa shape index (κ2) is 3.31. The van der Waals surface area contributed by atoms with Gasteiger partial charge in [-0.05, 0) is 31.2 Å². The zero-order valence-corrected chi connectivity index (χ0v) is 8.40. The van der Waals surface area contributed by atoms with Crippen LogP contribution in [0.3, 0.4) is 0 Å². The van der Waals surface area contributed by atoms with Crippen molar-refractivity contribution in [3.05, 3.63) is 30.0 Å². The first kappa shape index (κ1) is 9.58. The summed E-state index contributed by atoms with van der Waals surface area (Å²) in [5.41, 5.74) is 8.18. The number of carboxylic acids is 1. The molecule has 0 saturated carbocycles. The predicted molar refractivity (Wildman–Crippen MR) is 58.7 cm³/mol. The summed E-state index contributed by atoms with van der Waals surface area (Å²) in [5, 5.41) is 9.76. The van der Waals surface area contributed by atoms with E-state index in [2.05, 4.69) is 0 Å². The van der Waals surface area contributed by atoms with Crippen molar-refractivity contribution in [2.45, 2.75) is 13.5 Å². The molecule has 1 aromatic carbocycles. The van der Waals surface area contributed by atoms with Crippen molar-refractivity contribution in [3.63, 3.8) is 0 Å². The van der Waals surface area contributed by atoms with Crippen LogP contribution in [0, 0.1) is 6.92 Å². The van der Waals surface area contributed by atoms with E-state index in [4.69, 9.17) is 10.8 Å². The third-order valence-corrected chi connectivity index (χ3v) is 2.43. The van der Waals surface area contributed by atoms with Crippen LogP contribution < -0.4 is 5.73 Å². The Labute approximate surface area is 86.9 Å². The molecule has 3 N–H and O–H groups in total. The highest BCUT2D eigenvalue weighted by molar-refractivity contribution is 5.85. The van der Waals surface area contributed by atoms with Crippen molar-refractivity contribution in [2.75, 3.05) is 5.73 Å². The standard InChI is InChI=1S/C11H12N2O2/c1-7-4-8-5-9(12)2-3-10(8)13(7)6-11(14)15/h2-5H,6,12H2,1H3,(H,14,15). The van der Waals surface area contributed by atoms with E-state index in [1.807, 2.05) is 25.1 Å². The lowest BCUT2D eigenvalue weighted by Crippen LogP contribution is -2.09. The van der Waals surface area contributed by atoms with Crippen LogP contribution in [-0.4, -0.2) is 15.6 Å². The van der Waals surface area contributed by atoms with Crippen LogP contribution in [0.4, 0.5) is 5.69 Å². The molecule has 0 unspecified atom stereocenters. The summed E-state index contributed by atoms with van der Waals surface area (Å²) in [6, 6.07) is 7.41. The van der Waals surface area contributed by atoms with E-state index in [9.17, 15) is 4.79 Å². The van der Waals surface area contributed by atoms with Gasteiger partial charge in [-0.15, -0.1) is 0 Å². The van der Waals surface area contributed by atoms with E-state index in [0.717, 1.165) is 16.6 Å². The number of nitrogens with two attached hydrogens (primary N) is 1. The zero-order chi connectivity index (χ0) is 11.0. The topological polar surface area (TPSA) is 68.2 Å². The third kappa shape index (κ3) is 1.66. The molecule has 0 bridgehead atoms. The number of rotatable bonds is 2. The third-order valence-electron chi connectivity index (χ3n) is 2.43. The molecule has 0 aliphatic carbocycles. The first-order valence-electron chi connectivity index (χ1n) is 4.65. The highest BCUT2D eigenvalue weighted by Gasteiger charge is 2.08. The summed E-state index contributed by atoms with van der Waals surface area (Å²) in [6.07, 6.45) is 0. The quantitative estimate of drug-likeness (QED) is 0.730. The van der Waals surface area contributed by atoms with Gasteiger partial charge in [0.25, 0.3) is 0 Å². The van der Waals surface area contributed by atoms with Crippen LogP contribution in [0.1, 0.15) is 5.69 Å². The number of nitrogen functional groups attached to an aromatic ring is 1. The molecule has 0 aliphatic heterocycles. The van der Waals surface area contributed by atoms with Gasteiger partial charge in [-0.1, -0.05) is 0 Å². The lowest BCUT2D eigenvalue weighted by molar-refractivity contribution is -0.137. The number of benzene rings is 1. The van der Waals surface area contributed by atoms with Gasteiger partial charge in [-0.25, -0.2) is 0 Å². The Morgan fingerprint density at radius 1 is 1.47 bits per heavy atom. The largest absolute Gasteiger partial charge is 0.480 e. The number of hydrogen-bond acceptors (Lipinski definition) is 2. The van der Waals surface area contributed by atoms with Crippen LogP contribution in [0.15, 0.2) is 24.3 Å². The Morgan fingerprint density at radius 2 is 2.20 bits per heavy atom. The maximum Gasteiger partial charge on any atom is 0.323 e. The maximum atomic E-state index is 10.7. The lowest BCUT2D eigenvalue weighted by Gasteiger charge is -2.04. The molecule has 15 heavy (non-hydrogen) atoms. The summed E-state index contributed by atoms with van der Waals surface area (Å²) >= 11 is 0. The average Bonchev–Trinajstić information content (AvgIpc) is 2.41. The molecule has 4 heteroatoms. The van der Waals surface area contributed by atoms with E-state index in [1.54, 1.807) is 10.6 Å². The normalized spacial score (nSPS) is 10.7. The first-order valence-corrected chi connectivity index (χ1v) is 4.65. The predicted octanol–water partition coefficient (Wildman–Crippen LogP) is 1.62. The van der Waals surface area contributed by atoms with E-state index >= 15 is 0 Å². The Hall–Kier alpha value is -1.97. The molecule has 2 aromatic rings. The fourth-order valence-corrected chi connectivity index (χ4v) is 1.77. The number of carboxylic acid groups (broad SMARTS) is 1.